The lowest BCUT2D eigenvalue weighted by molar-refractivity contribution is 0.425. The number of benzene rings is 1. The van der Waals surface area contributed by atoms with Gasteiger partial charge >= 0.3 is 0 Å². The summed E-state index contributed by atoms with van der Waals surface area (Å²) in [7, 11) is -3.24. The van der Waals surface area contributed by atoms with Crippen LogP contribution in [0.25, 0.3) is 0 Å². The zero-order valence-electron chi connectivity index (χ0n) is 10.0. The fourth-order valence-electron chi connectivity index (χ4n) is 1.56. The molecule has 3 nitrogen and oxygen atoms in total. The lowest BCUT2D eigenvalue weighted by Crippen LogP contribution is -2.32. The van der Waals surface area contributed by atoms with Gasteiger partial charge in [0.1, 0.15) is 0 Å². The van der Waals surface area contributed by atoms with Crippen molar-refractivity contribution < 1.29 is 8.42 Å². The van der Waals surface area contributed by atoms with Gasteiger partial charge in [0, 0.05) is 0 Å². The molecule has 0 radical (unpaired) electrons. The highest BCUT2D eigenvalue weighted by atomic mass is 32.2. The van der Waals surface area contributed by atoms with Crippen LogP contribution in [0.4, 0.5) is 0 Å². The van der Waals surface area contributed by atoms with Gasteiger partial charge in [-0.1, -0.05) is 32.0 Å². The Morgan fingerprint density at radius 2 is 1.81 bits per heavy atom. The van der Waals surface area contributed by atoms with Crippen LogP contribution in [0, 0.1) is 12.3 Å². The summed E-state index contributed by atoms with van der Waals surface area (Å²) in [5.41, 5.74) is 5.96. The third-order valence-corrected chi connectivity index (χ3v) is 4.85. The molecule has 0 amide bonds. The topological polar surface area (TPSA) is 60.2 Å². The van der Waals surface area contributed by atoms with Gasteiger partial charge in [-0.15, -0.1) is 0 Å². The van der Waals surface area contributed by atoms with Gasteiger partial charge in [0.2, 0.25) is 0 Å². The number of aryl methyl sites for hydroxylation is 1. The molecule has 0 aliphatic heterocycles. The fraction of sp³-hybridized carbons (Fsp3) is 0.500. The molecule has 0 saturated heterocycles. The molecule has 1 aromatic rings. The maximum Gasteiger partial charge on any atom is 0.179 e. The average molecular weight is 241 g/mol. The van der Waals surface area contributed by atoms with E-state index in [1.54, 1.807) is 12.1 Å². The molecule has 1 rings (SSSR count). The van der Waals surface area contributed by atoms with Gasteiger partial charge in [0.15, 0.2) is 9.84 Å². The van der Waals surface area contributed by atoms with Crippen LogP contribution in [-0.4, -0.2) is 20.7 Å². The Bertz CT molecular complexity index is 464. The highest BCUT2D eigenvalue weighted by Crippen LogP contribution is 2.23. The van der Waals surface area contributed by atoms with Gasteiger partial charge in [0.05, 0.1) is 10.6 Å². The van der Waals surface area contributed by atoms with Crippen LogP contribution in [-0.2, 0) is 9.84 Å². The van der Waals surface area contributed by atoms with E-state index < -0.39 is 9.84 Å². The van der Waals surface area contributed by atoms with Gasteiger partial charge in [-0.25, -0.2) is 8.42 Å². The highest BCUT2D eigenvalue weighted by Gasteiger charge is 2.27. The number of nitrogens with two attached hydrogens (primary N) is 1. The van der Waals surface area contributed by atoms with Crippen LogP contribution < -0.4 is 5.73 Å². The first kappa shape index (κ1) is 13.2. The Hall–Kier alpha value is -0.870. The molecule has 1 aromatic carbocycles. The van der Waals surface area contributed by atoms with Crippen LogP contribution in [0.3, 0.4) is 0 Å². The summed E-state index contributed by atoms with van der Waals surface area (Å²) in [5.74, 6) is 0.0847. The van der Waals surface area contributed by atoms with Crippen LogP contribution >= 0.6 is 0 Å². The first-order chi connectivity index (χ1) is 7.28. The molecule has 0 aliphatic rings. The molecule has 0 saturated carbocycles. The van der Waals surface area contributed by atoms with Crippen LogP contribution in [0.15, 0.2) is 29.2 Å². The second-order valence-corrected chi connectivity index (χ2v) is 6.85. The molecule has 0 spiro atoms. The molecule has 0 bridgehead atoms. The van der Waals surface area contributed by atoms with E-state index in [2.05, 4.69) is 0 Å². The molecular formula is C12H19NO2S. The van der Waals surface area contributed by atoms with E-state index in [4.69, 9.17) is 5.73 Å². The van der Waals surface area contributed by atoms with Crippen molar-refractivity contribution in [1.29, 1.82) is 0 Å². The maximum absolute atomic E-state index is 12.2. The lowest BCUT2D eigenvalue weighted by Gasteiger charge is -2.22. The zero-order chi connectivity index (χ0) is 12.4. The van der Waals surface area contributed by atoms with Gasteiger partial charge in [-0.05, 0) is 30.5 Å². The number of hydrogen-bond acceptors (Lipinski definition) is 3. The molecular weight excluding hydrogens is 222 g/mol. The molecule has 0 atom stereocenters. The van der Waals surface area contributed by atoms with E-state index in [-0.39, 0.29) is 11.2 Å². The Morgan fingerprint density at radius 3 is 2.31 bits per heavy atom. The first-order valence-corrected chi connectivity index (χ1v) is 6.92. The molecule has 0 fully saturated rings. The minimum Gasteiger partial charge on any atom is -0.330 e. The van der Waals surface area contributed by atoms with Crippen molar-refractivity contribution >= 4 is 9.84 Å². The molecule has 16 heavy (non-hydrogen) atoms. The molecule has 90 valence electrons. The van der Waals surface area contributed by atoms with Crippen molar-refractivity contribution in [2.75, 3.05) is 12.3 Å². The summed E-state index contributed by atoms with van der Waals surface area (Å²) in [6.07, 6.45) is 0. The first-order valence-electron chi connectivity index (χ1n) is 5.27. The SMILES string of the molecule is Cc1ccccc1S(=O)(=O)CC(C)(C)CN. The second-order valence-electron chi connectivity index (χ2n) is 4.89. The molecule has 0 unspecified atom stereocenters. The predicted molar refractivity (Wildman–Crippen MR) is 66.1 cm³/mol. The van der Waals surface area contributed by atoms with E-state index in [0.29, 0.717) is 11.4 Å². The van der Waals surface area contributed by atoms with Crippen molar-refractivity contribution in [3.63, 3.8) is 0 Å². The fourth-order valence-corrected chi connectivity index (χ4v) is 3.70. The van der Waals surface area contributed by atoms with E-state index in [1.165, 1.54) is 0 Å². The smallest absolute Gasteiger partial charge is 0.179 e. The molecule has 2 N–H and O–H groups in total. The highest BCUT2D eigenvalue weighted by molar-refractivity contribution is 7.91. The average Bonchev–Trinajstić information content (AvgIpc) is 2.16. The van der Waals surface area contributed by atoms with Crippen molar-refractivity contribution in [2.45, 2.75) is 25.7 Å². The van der Waals surface area contributed by atoms with E-state index in [1.807, 2.05) is 32.9 Å². The summed E-state index contributed by atoms with van der Waals surface area (Å²) >= 11 is 0. The van der Waals surface area contributed by atoms with Crippen LogP contribution in [0.2, 0.25) is 0 Å². The molecule has 0 heterocycles. The van der Waals surface area contributed by atoms with Crippen molar-refractivity contribution in [3.8, 4) is 0 Å². The normalized spacial score (nSPS) is 12.8. The summed E-state index contributed by atoms with van der Waals surface area (Å²) in [5, 5.41) is 0. The largest absolute Gasteiger partial charge is 0.330 e. The summed E-state index contributed by atoms with van der Waals surface area (Å²) < 4.78 is 24.3. The predicted octanol–water partition coefficient (Wildman–Crippen LogP) is 1.75. The van der Waals surface area contributed by atoms with Gasteiger partial charge in [-0.3, -0.25) is 0 Å². The summed E-state index contributed by atoms with van der Waals surface area (Å²) in [6.45, 7) is 5.89. The molecule has 0 aliphatic carbocycles. The van der Waals surface area contributed by atoms with Gasteiger partial charge in [-0.2, -0.15) is 0 Å². The van der Waals surface area contributed by atoms with Crippen LogP contribution in [0.1, 0.15) is 19.4 Å². The van der Waals surface area contributed by atoms with Crippen molar-refractivity contribution in [2.24, 2.45) is 11.1 Å². The Morgan fingerprint density at radius 1 is 1.25 bits per heavy atom. The minimum atomic E-state index is -3.24. The zero-order valence-corrected chi connectivity index (χ0v) is 10.8. The minimum absolute atomic E-state index is 0.0847. The second kappa shape index (κ2) is 4.55. The maximum atomic E-state index is 12.2. The van der Waals surface area contributed by atoms with E-state index in [9.17, 15) is 8.42 Å². The summed E-state index contributed by atoms with van der Waals surface area (Å²) in [6, 6.07) is 7.04. The van der Waals surface area contributed by atoms with Gasteiger partial charge < -0.3 is 5.73 Å². The van der Waals surface area contributed by atoms with Crippen molar-refractivity contribution in [1.82, 2.24) is 0 Å². The molecule has 0 aromatic heterocycles. The standard InChI is InChI=1S/C12H19NO2S/c1-10-6-4-5-7-11(10)16(14,15)9-12(2,3)8-13/h4-7H,8-9,13H2,1-3H3. The Kier molecular flexibility index (Phi) is 3.76. The quantitative estimate of drug-likeness (QED) is 0.873. The monoisotopic (exact) mass is 241 g/mol. The number of rotatable bonds is 4. The van der Waals surface area contributed by atoms with E-state index >= 15 is 0 Å². The van der Waals surface area contributed by atoms with E-state index in [0.717, 1.165) is 5.56 Å². The van der Waals surface area contributed by atoms with Crippen molar-refractivity contribution in [3.05, 3.63) is 29.8 Å². The number of hydrogen-bond donors (Lipinski definition) is 1. The third kappa shape index (κ3) is 3.06. The Balaban J connectivity index is 3.09. The molecule has 4 heteroatoms. The Labute approximate surface area is 97.6 Å². The lowest BCUT2D eigenvalue weighted by atomic mass is 9.97. The van der Waals surface area contributed by atoms with Crippen LogP contribution in [0.5, 0.6) is 0 Å². The third-order valence-electron chi connectivity index (χ3n) is 2.56. The number of sulfone groups is 1. The van der Waals surface area contributed by atoms with Gasteiger partial charge in [0.25, 0.3) is 0 Å². The summed E-state index contributed by atoms with van der Waals surface area (Å²) in [4.78, 5) is 0.413.